The van der Waals surface area contributed by atoms with Gasteiger partial charge in [0.15, 0.2) is 23.0 Å². The van der Waals surface area contributed by atoms with Crippen molar-refractivity contribution in [2.24, 2.45) is 0 Å². The van der Waals surface area contributed by atoms with Gasteiger partial charge in [-0.3, -0.25) is 9.20 Å². The minimum Gasteiger partial charge on any atom is -0.494 e. The molecule has 0 saturated carbocycles. The molecule has 0 spiro atoms. The van der Waals surface area contributed by atoms with Crippen molar-refractivity contribution < 1.29 is 27.6 Å². The number of hydrogen-bond donors (Lipinski definition) is 5. The Bertz CT molecular complexity index is 1570. The standard InChI is InChI=1S/C27H29F2N7O4S/c1-40-22-8-7-19(23(28)24(22)29)21-15-33-26-25(30-11-12-36(21)26)35-16-3-5-18(6-4-16)41(39)34-10-2-9-31-27(38)20-13-17(37)14-32-20/h3-8,11-12,15,17,20,32,34,37H,2,9-10,13-14H2,1H3,(H,30,35)(H,31,38)/t17-,20+,41?/m1/s1. The van der Waals surface area contributed by atoms with Gasteiger partial charge in [0.05, 0.1) is 36.0 Å². The fourth-order valence-corrected chi connectivity index (χ4v) is 5.36. The van der Waals surface area contributed by atoms with Crippen molar-refractivity contribution in [1.82, 2.24) is 29.7 Å². The van der Waals surface area contributed by atoms with Gasteiger partial charge in [-0.05, 0) is 49.2 Å². The van der Waals surface area contributed by atoms with Crippen molar-refractivity contribution in [1.29, 1.82) is 0 Å². The topological polar surface area (TPSA) is 142 Å². The summed E-state index contributed by atoms with van der Waals surface area (Å²) in [7, 11) is -0.181. The van der Waals surface area contributed by atoms with Crippen LogP contribution >= 0.6 is 0 Å². The third kappa shape index (κ3) is 6.35. The van der Waals surface area contributed by atoms with E-state index in [-0.39, 0.29) is 23.3 Å². The first-order valence-electron chi connectivity index (χ1n) is 12.9. The van der Waals surface area contributed by atoms with Crippen LogP contribution in [0.15, 0.2) is 59.9 Å². The fourth-order valence-electron chi connectivity index (χ4n) is 4.48. The van der Waals surface area contributed by atoms with Crippen LogP contribution in [0, 0.1) is 11.6 Å². The molecule has 1 saturated heterocycles. The Hall–Kier alpha value is -3.98. The van der Waals surface area contributed by atoms with E-state index < -0.39 is 28.7 Å². The number of nitrogens with zero attached hydrogens (tertiary/aromatic N) is 3. The number of fused-ring (bicyclic) bond motifs is 1. The molecule has 3 heterocycles. The Kier molecular flexibility index (Phi) is 8.83. The molecule has 1 amide bonds. The number of carbonyl (C=O) groups is 1. The summed E-state index contributed by atoms with van der Waals surface area (Å²) in [5.41, 5.74) is 1.43. The zero-order valence-electron chi connectivity index (χ0n) is 22.1. The molecule has 0 radical (unpaired) electrons. The number of methoxy groups -OCH3 is 1. The van der Waals surface area contributed by atoms with Gasteiger partial charge >= 0.3 is 0 Å². The molecule has 2 aromatic heterocycles. The zero-order chi connectivity index (χ0) is 28.9. The highest BCUT2D eigenvalue weighted by Crippen LogP contribution is 2.31. The summed E-state index contributed by atoms with van der Waals surface area (Å²) in [6, 6.07) is 9.30. The van der Waals surface area contributed by atoms with Crippen LogP contribution in [-0.2, 0) is 15.8 Å². The third-order valence-electron chi connectivity index (χ3n) is 6.61. The van der Waals surface area contributed by atoms with Crippen LogP contribution in [0.1, 0.15) is 12.8 Å². The van der Waals surface area contributed by atoms with E-state index in [0.29, 0.717) is 60.2 Å². The van der Waals surface area contributed by atoms with E-state index in [1.165, 1.54) is 31.6 Å². The number of imidazole rings is 1. The quantitative estimate of drug-likeness (QED) is 0.169. The van der Waals surface area contributed by atoms with E-state index in [0.717, 1.165) is 0 Å². The van der Waals surface area contributed by atoms with Crippen LogP contribution in [0.4, 0.5) is 20.3 Å². The summed E-state index contributed by atoms with van der Waals surface area (Å²) in [4.78, 5) is 21.3. The molecular weight excluding hydrogens is 556 g/mol. The smallest absolute Gasteiger partial charge is 0.237 e. The molecule has 1 fully saturated rings. The Morgan fingerprint density at radius 3 is 2.71 bits per heavy atom. The van der Waals surface area contributed by atoms with Gasteiger partial charge in [0.25, 0.3) is 0 Å². The molecule has 1 aliphatic rings. The van der Waals surface area contributed by atoms with Gasteiger partial charge in [-0.25, -0.2) is 23.3 Å². The van der Waals surface area contributed by atoms with E-state index in [1.807, 2.05) is 0 Å². The lowest BCUT2D eigenvalue weighted by Crippen LogP contribution is -2.41. The van der Waals surface area contributed by atoms with Crippen molar-refractivity contribution in [3.05, 3.63) is 66.6 Å². The first-order valence-corrected chi connectivity index (χ1v) is 14.1. The molecule has 11 nitrogen and oxygen atoms in total. The first kappa shape index (κ1) is 28.5. The van der Waals surface area contributed by atoms with Crippen molar-refractivity contribution in [3.63, 3.8) is 0 Å². The van der Waals surface area contributed by atoms with Crippen LogP contribution in [0.5, 0.6) is 5.75 Å². The lowest BCUT2D eigenvalue weighted by atomic mass is 10.1. The van der Waals surface area contributed by atoms with Crippen molar-refractivity contribution in [2.45, 2.75) is 29.9 Å². The zero-order valence-corrected chi connectivity index (χ0v) is 22.9. The predicted octanol–water partition coefficient (Wildman–Crippen LogP) is 2.27. The number of benzene rings is 2. The molecule has 1 aliphatic heterocycles. The van der Waals surface area contributed by atoms with Gasteiger partial charge in [0.1, 0.15) is 11.0 Å². The summed E-state index contributed by atoms with van der Waals surface area (Å²) in [5, 5.41) is 18.4. The lowest BCUT2D eigenvalue weighted by molar-refractivity contribution is -0.122. The van der Waals surface area contributed by atoms with Gasteiger partial charge in [-0.15, -0.1) is 0 Å². The fraction of sp³-hybridized carbons (Fsp3) is 0.296. The molecule has 2 aromatic carbocycles. The largest absolute Gasteiger partial charge is 0.494 e. The molecular formula is C27H29F2N7O4S. The molecule has 1 unspecified atom stereocenters. The van der Waals surface area contributed by atoms with Gasteiger partial charge in [-0.1, -0.05) is 0 Å². The molecule has 0 bridgehead atoms. The van der Waals surface area contributed by atoms with E-state index >= 15 is 0 Å². The Morgan fingerprint density at radius 2 is 1.98 bits per heavy atom. The number of ether oxygens (including phenoxy) is 1. The second kappa shape index (κ2) is 12.7. The number of rotatable bonds is 11. The predicted molar refractivity (Wildman–Crippen MR) is 149 cm³/mol. The minimum atomic E-state index is -1.45. The average molecular weight is 586 g/mol. The van der Waals surface area contributed by atoms with Crippen LogP contribution < -0.4 is 25.4 Å². The number of carbonyl (C=O) groups excluding carboxylic acids is 1. The number of anilines is 2. The van der Waals surface area contributed by atoms with Crippen molar-refractivity contribution >= 4 is 34.0 Å². The summed E-state index contributed by atoms with van der Waals surface area (Å²) in [5.74, 6) is -2.06. The van der Waals surface area contributed by atoms with Crippen LogP contribution in [0.3, 0.4) is 0 Å². The molecule has 5 rings (SSSR count). The average Bonchev–Trinajstić information content (AvgIpc) is 3.61. The van der Waals surface area contributed by atoms with Crippen LogP contribution in [0.2, 0.25) is 0 Å². The van der Waals surface area contributed by atoms with Gasteiger partial charge in [0, 0.05) is 43.3 Å². The monoisotopic (exact) mass is 585 g/mol. The normalized spacial score (nSPS) is 17.5. The number of hydrogen-bond acceptors (Lipinski definition) is 8. The molecule has 41 heavy (non-hydrogen) atoms. The van der Waals surface area contributed by atoms with E-state index in [4.69, 9.17) is 4.74 Å². The van der Waals surface area contributed by atoms with Crippen molar-refractivity contribution in [3.8, 4) is 17.0 Å². The number of aromatic nitrogens is 3. The van der Waals surface area contributed by atoms with E-state index in [2.05, 4.69) is 30.6 Å². The number of β-amino-alcohol motifs (C(OH)–C–C–N with tert-alkyl or cyclic N) is 1. The Balaban J connectivity index is 1.17. The highest BCUT2D eigenvalue weighted by Gasteiger charge is 2.27. The van der Waals surface area contributed by atoms with Crippen LogP contribution in [0.25, 0.3) is 16.9 Å². The summed E-state index contributed by atoms with van der Waals surface area (Å²) >= 11 is 0. The van der Waals surface area contributed by atoms with Gasteiger partial charge < -0.3 is 25.8 Å². The number of amides is 1. The van der Waals surface area contributed by atoms with Crippen LogP contribution in [-0.4, -0.2) is 68.5 Å². The molecule has 5 N–H and O–H groups in total. The highest BCUT2D eigenvalue weighted by molar-refractivity contribution is 7.83. The Labute approximate surface area is 236 Å². The summed E-state index contributed by atoms with van der Waals surface area (Å²) in [6.07, 6.45) is 5.04. The number of aliphatic hydroxyl groups is 1. The Morgan fingerprint density at radius 1 is 1.17 bits per heavy atom. The molecule has 216 valence electrons. The number of aliphatic hydroxyl groups excluding tert-OH is 1. The maximum absolute atomic E-state index is 14.7. The first-order chi connectivity index (χ1) is 19.9. The highest BCUT2D eigenvalue weighted by atomic mass is 32.2. The molecule has 0 aliphatic carbocycles. The second-order valence-corrected chi connectivity index (χ2v) is 10.7. The van der Waals surface area contributed by atoms with E-state index in [1.54, 1.807) is 34.9 Å². The number of nitrogens with one attached hydrogen (secondary N) is 4. The minimum absolute atomic E-state index is 0.0281. The maximum atomic E-state index is 14.7. The summed E-state index contributed by atoms with van der Waals surface area (Å²) in [6.45, 7) is 1.27. The van der Waals surface area contributed by atoms with Gasteiger partial charge in [0.2, 0.25) is 11.7 Å². The molecule has 3 atom stereocenters. The maximum Gasteiger partial charge on any atom is 0.237 e. The lowest BCUT2D eigenvalue weighted by Gasteiger charge is -2.11. The molecule has 14 heteroatoms. The SMILES string of the molecule is COc1ccc(-c2cnc3c(Nc4ccc(S(=O)NCCCNC(=O)[C@@H]5C[C@@H](O)CN5)cc4)nccn23)c(F)c1F. The second-order valence-electron chi connectivity index (χ2n) is 9.36. The van der Waals surface area contributed by atoms with Gasteiger partial charge in [-0.2, -0.15) is 4.39 Å². The molecule has 4 aromatic rings. The van der Waals surface area contributed by atoms with E-state index in [9.17, 15) is 22.9 Å². The summed E-state index contributed by atoms with van der Waals surface area (Å²) < 4.78 is 51.0. The number of halogens is 2. The van der Waals surface area contributed by atoms with Crippen molar-refractivity contribution in [2.75, 3.05) is 32.1 Å². The third-order valence-corrected chi connectivity index (χ3v) is 7.78.